The van der Waals surface area contributed by atoms with Crippen molar-refractivity contribution in [1.82, 2.24) is 20.1 Å². The van der Waals surface area contributed by atoms with Gasteiger partial charge in [-0.2, -0.15) is 9.97 Å². The van der Waals surface area contributed by atoms with Crippen LogP contribution in [0.3, 0.4) is 0 Å². The van der Waals surface area contributed by atoms with Crippen LogP contribution >= 0.6 is 11.3 Å². The topological polar surface area (TPSA) is 103 Å². The first-order valence-corrected chi connectivity index (χ1v) is 7.56. The van der Waals surface area contributed by atoms with Crippen LogP contribution < -0.4 is 11.1 Å². The van der Waals surface area contributed by atoms with Gasteiger partial charge >= 0.3 is 0 Å². The average Bonchev–Trinajstić information content (AvgIpc) is 3.04. The maximum atomic E-state index is 5.77. The average molecular weight is 304 g/mol. The van der Waals surface area contributed by atoms with Crippen LogP contribution in [-0.2, 0) is 12.8 Å². The van der Waals surface area contributed by atoms with Crippen LogP contribution in [0, 0.1) is 6.92 Å². The van der Waals surface area contributed by atoms with Gasteiger partial charge in [-0.1, -0.05) is 12.1 Å². The highest BCUT2D eigenvalue weighted by molar-refractivity contribution is 7.18. The van der Waals surface area contributed by atoms with Gasteiger partial charge in [-0.15, -0.1) is 11.3 Å². The summed E-state index contributed by atoms with van der Waals surface area (Å²) in [6, 6.07) is 2.11. The molecule has 0 saturated heterocycles. The van der Waals surface area contributed by atoms with Crippen molar-refractivity contribution in [3.63, 3.8) is 0 Å². The Kier molecular flexibility index (Phi) is 3.70. The van der Waals surface area contributed by atoms with Gasteiger partial charge in [0, 0.05) is 17.8 Å². The Hall–Kier alpha value is -2.22. The lowest BCUT2D eigenvalue weighted by Crippen LogP contribution is -2.08. The van der Waals surface area contributed by atoms with E-state index < -0.39 is 0 Å². The van der Waals surface area contributed by atoms with E-state index in [9.17, 15) is 0 Å². The number of fused-ring (bicyclic) bond motifs is 1. The summed E-state index contributed by atoms with van der Waals surface area (Å²) in [5.74, 6) is 2.29. The number of hydrogen-bond acceptors (Lipinski definition) is 8. The SMILES string of the molecule is CCc1cc2c(NCCc3nc(C)no3)nc(N)nc2s1. The van der Waals surface area contributed by atoms with E-state index in [0.717, 1.165) is 22.5 Å². The predicted molar refractivity (Wildman–Crippen MR) is 82.4 cm³/mol. The molecule has 21 heavy (non-hydrogen) atoms. The molecule has 3 aromatic rings. The zero-order valence-electron chi connectivity index (χ0n) is 11.9. The lowest BCUT2D eigenvalue weighted by molar-refractivity contribution is 0.377. The van der Waals surface area contributed by atoms with Crippen LogP contribution in [0.5, 0.6) is 0 Å². The maximum absolute atomic E-state index is 5.77. The van der Waals surface area contributed by atoms with Crippen molar-refractivity contribution in [2.75, 3.05) is 17.6 Å². The summed E-state index contributed by atoms with van der Waals surface area (Å²) in [5.41, 5.74) is 5.77. The molecule has 3 aromatic heterocycles. The highest BCUT2D eigenvalue weighted by Gasteiger charge is 2.10. The number of thiophene rings is 1. The molecule has 0 aliphatic heterocycles. The van der Waals surface area contributed by atoms with E-state index in [2.05, 4.69) is 38.4 Å². The molecule has 0 amide bonds. The Bertz CT molecular complexity index is 765. The number of hydrogen-bond donors (Lipinski definition) is 2. The number of rotatable bonds is 5. The Morgan fingerprint density at radius 3 is 2.90 bits per heavy atom. The second-order valence-corrected chi connectivity index (χ2v) is 5.74. The highest BCUT2D eigenvalue weighted by Crippen LogP contribution is 2.29. The fourth-order valence-corrected chi connectivity index (χ4v) is 3.00. The summed E-state index contributed by atoms with van der Waals surface area (Å²) in [7, 11) is 0. The van der Waals surface area contributed by atoms with Crippen LogP contribution in [0.1, 0.15) is 23.5 Å². The molecule has 0 radical (unpaired) electrons. The van der Waals surface area contributed by atoms with Gasteiger partial charge in [0.05, 0.1) is 5.39 Å². The largest absolute Gasteiger partial charge is 0.369 e. The van der Waals surface area contributed by atoms with Crippen molar-refractivity contribution in [3.8, 4) is 0 Å². The van der Waals surface area contributed by atoms with Gasteiger partial charge in [0.2, 0.25) is 11.8 Å². The second-order valence-electron chi connectivity index (χ2n) is 4.63. The Morgan fingerprint density at radius 1 is 1.33 bits per heavy atom. The summed E-state index contributed by atoms with van der Waals surface area (Å²) in [4.78, 5) is 14.9. The minimum Gasteiger partial charge on any atom is -0.369 e. The zero-order valence-corrected chi connectivity index (χ0v) is 12.7. The van der Waals surface area contributed by atoms with Crippen LogP contribution in [-0.4, -0.2) is 26.7 Å². The van der Waals surface area contributed by atoms with Crippen LogP contribution in [0.4, 0.5) is 11.8 Å². The smallest absolute Gasteiger partial charge is 0.228 e. The second kappa shape index (κ2) is 5.65. The fourth-order valence-electron chi connectivity index (χ4n) is 2.03. The molecule has 0 aromatic carbocycles. The van der Waals surface area contributed by atoms with E-state index >= 15 is 0 Å². The Labute approximate surface area is 125 Å². The van der Waals surface area contributed by atoms with Gasteiger partial charge < -0.3 is 15.6 Å². The summed E-state index contributed by atoms with van der Waals surface area (Å²) < 4.78 is 5.08. The number of nitrogen functional groups attached to an aromatic ring is 1. The number of nitrogens with one attached hydrogen (secondary N) is 1. The van der Waals surface area contributed by atoms with E-state index in [0.29, 0.717) is 24.7 Å². The van der Waals surface area contributed by atoms with Crippen molar-refractivity contribution in [2.45, 2.75) is 26.7 Å². The molecule has 3 rings (SSSR count). The summed E-state index contributed by atoms with van der Waals surface area (Å²) >= 11 is 1.65. The lowest BCUT2D eigenvalue weighted by atomic mass is 10.3. The molecule has 3 heterocycles. The first-order valence-electron chi connectivity index (χ1n) is 6.74. The monoisotopic (exact) mass is 304 g/mol. The molecular formula is C13H16N6OS. The van der Waals surface area contributed by atoms with Crippen molar-refractivity contribution in [3.05, 3.63) is 22.7 Å². The molecule has 3 N–H and O–H groups in total. The van der Waals surface area contributed by atoms with Gasteiger partial charge in [-0.05, 0) is 19.4 Å². The van der Waals surface area contributed by atoms with Gasteiger partial charge in [-0.3, -0.25) is 0 Å². The first-order chi connectivity index (χ1) is 10.2. The predicted octanol–water partition coefficient (Wildman–Crippen LogP) is 2.18. The van der Waals surface area contributed by atoms with Crippen molar-refractivity contribution in [1.29, 1.82) is 0 Å². The molecule has 0 saturated carbocycles. The Morgan fingerprint density at radius 2 is 2.19 bits per heavy atom. The quantitative estimate of drug-likeness (QED) is 0.744. The van der Waals surface area contributed by atoms with Crippen LogP contribution in [0.2, 0.25) is 0 Å². The third-order valence-electron chi connectivity index (χ3n) is 3.01. The third-order valence-corrected chi connectivity index (χ3v) is 4.18. The first kappa shape index (κ1) is 13.7. The minimum absolute atomic E-state index is 0.281. The maximum Gasteiger partial charge on any atom is 0.228 e. The lowest BCUT2D eigenvalue weighted by Gasteiger charge is -2.05. The molecule has 0 aliphatic carbocycles. The molecule has 0 aliphatic rings. The number of aryl methyl sites for hydroxylation is 2. The van der Waals surface area contributed by atoms with E-state index in [1.807, 2.05) is 0 Å². The summed E-state index contributed by atoms with van der Waals surface area (Å²) in [5, 5.41) is 8.04. The van der Waals surface area contributed by atoms with Crippen LogP contribution in [0.15, 0.2) is 10.6 Å². The van der Waals surface area contributed by atoms with E-state index in [-0.39, 0.29) is 5.95 Å². The number of aromatic nitrogens is 4. The molecule has 110 valence electrons. The molecule has 0 unspecified atom stereocenters. The van der Waals surface area contributed by atoms with Crippen molar-refractivity contribution in [2.24, 2.45) is 0 Å². The molecular weight excluding hydrogens is 288 g/mol. The van der Waals surface area contributed by atoms with Crippen LogP contribution in [0.25, 0.3) is 10.2 Å². The number of nitrogens with zero attached hydrogens (tertiary/aromatic N) is 4. The van der Waals surface area contributed by atoms with Gasteiger partial charge in [0.25, 0.3) is 0 Å². The molecule has 8 heteroatoms. The summed E-state index contributed by atoms with van der Waals surface area (Å²) in [6.45, 7) is 4.56. The van der Waals surface area contributed by atoms with E-state index in [4.69, 9.17) is 10.3 Å². The molecule has 0 bridgehead atoms. The van der Waals surface area contributed by atoms with E-state index in [1.165, 1.54) is 4.88 Å². The Balaban J connectivity index is 1.77. The van der Waals surface area contributed by atoms with Gasteiger partial charge in [0.15, 0.2) is 5.82 Å². The van der Waals surface area contributed by atoms with E-state index in [1.54, 1.807) is 18.3 Å². The molecule has 0 fully saturated rings. The normalized spacial score (nSPS) is 11.1. The minimum atomic E-state index is 0.281. The number of anilines is 2. The summed E-state index contributed by atoms with van der Waals surface area (Å²) in [6.07, 6.45) is 1.61. The zero-order chi connectivity index (χ0) is 14.8. The van der Waals surface area contributed by atoms with Gasteiger partial charge in [0.1, 0.15) is 10.6 Å². The van der Waals surface area contributed by atoms with Crippen molar-refractivity contribution >= 4 is 33.3 Å². The molecule has 7 nitrogen and oxygen atoms in total. The highest BCUT2D eigenvalue weighted by atomic mass is 32.1. The standard InChI is InChI=1S/C13H16N6OS/c1-3-8-6-9-11(17-13(14)18-12(9)21-8)15-5-4-10-16-7(2)19-20-10/h6H,3-5H2,1-2H3,(H3,14,15,17,18). The third kappa shape index (κ3) is 2.94. The molecule has 0 atom stereocenters. The fraction of sp³-hybridized carbons (Fsp3) is 0.385. The molecule has 0 spiro atoms. The van der Waals surface area contributed by atoms with Crippen molar-refractivity contribution < 1.29 is 4.52 Å². The van der Waals surface area contributed by atoms with Gasteiger partial charge in [-0.25, -0.2) is 4.98 Å². The number of nitrogens with two attached hydrogens (primary N) is 1.